The molecule has 0 aliphatic carbocycles. The van der Waals surface area contributed by atoms with Gasteiger partial charge in [0.25, 0.3) is 0 Å². The lowest BCUT2D eigenvalue weighted by atomic mass is 10.2. The zero-order valence-corrected chi connectivity index (χ0v) is 13.9. The van der Waals surface area contributed by atoms with Crippen LogP contribution in [0.1, 0.15) is 12.5 Å². The van der Waals surface area contributed by atoms with Gasteiger partial charge < -0.3 is 10.2 Å². The van der Waals surface area contributed by atoms with Crippen molar-refractivity contribution in [1.82, 2.24) is 20.2 Å². The summed E-state index contributed by atoms with van der Waals surface area (Å²) in [6.07, 6.45) is 3.52. The van der Waals surface area contributed by atoms with E-state index in [0.717, 1.165) is 37.7 Å². The molecule has 0 saturated carbocycles. The molecule has 2 aromatic rings. The van der Waals surface area contributed by atoms with Gasteiger partial charge >= 0.3 is 0 Å². The normalized spacial score (nSPS) is 16.6. The van der Waals surface area contributed by atoms with Crippen LogP contribution >= 0.6 is 0 Å². The van der Waals surface area contributed by atoms with Crippen molar-refractivity contribution in [2.75, 3.05) is 31.1 Å². The molecule has 1 aromatic heterocycles. The van der Waals surface area contributed by atoms with Gasteiger partial charge in [-0.15, -0.1) is 0 Å². The number of hydrogen-bond acceptors (Lipinski definition) is 5. The van der Waals surface area contributed by atoms with E-state index in [9.17, 15) is 4.79 Å². The number of carbonyl (C=O) groups excluding carboxylic acids is 1. The van der Waals surface area contributed by atoms with Crippen molar-refractivity contribution in [1.29, 1.82) is 0 Å². The van der Waals surface area contributed by atoms with Crippen LogP contribution in [-0.2, 0) is 11.3 Å². The summed E-state index contributed by atoms with van der Waals surface area (Å²) in [5.41, 5.74) is 1.11. The third-order valence-electron chi connectivity index (χ3n) is 4.39. The highest BCUT2D eigenvalue weighted by Crippen LogP contribution is 2.12. The fraction of sp³-hybridized carbons (Fsp3) is 0.389. The van der Waals surface area contributed by atoms with E-state index in [4.69, 9.17) is 0 Å². The fourth-order valence-electron chi connectivity index (χ4n) is 2.86. The van der Waals surface area contributed by atoms with Crippen molar-refractivity contribution in [2.45, 2.75) is 19.5 Å². The van der Waals surface area contributed by atoms with E-state index in [0.29, 0.717) is 6.54 Å². The molecule has 1 fully saturated rings. The Morgan fingerprint density at radius 1 is 1.08 bits per heavy atom. The van der Waals surface area contributed by atoms with Crippen molar-refractivity contribution < 1.29 is 4.79 Å². The topological polar surface area (TPSA) is 61.4 Å². The Hall–Kier alpha value is -2.47. The summed E-state index contributed by atoms with van der Waals surface area (Å²) in [5.74, 6) is 0.835. The smallest absolute Gasteiger partial charge is 0.237 e. The summed E-state index contributed by atoms with van der Waals surface area (Å²) < 4.78 is 0. The van der Waals surface area contributed by atoms with Crippen LogP contribution in [0.2, 0.25) is 0 Å². The van der Waals surface area contributed by atoms with Gasteiger partial charge in [-0.3, -0.25) is 9.69 Å². The predicted molar refractivity (Wildman–Crippen MR) is 93.6 cm³/mol. The Morgan fingerprint density at radius 2 is 1.75 bits per heavy atom. The van der Waals surface area contributed by atoms with Crippen LogP contribution in [0.15, 0.2) is 48.8 Å². The summed E-state index contributed by atoms with van der Waals surface area (Å²) in [7, 11) is 0. The van der Waals surface area contributed by atoms with Gasteiger partial charge in [-0.05, 0) is 18.6 Å². The van der Waals surface area contributed by atoms with Gasteiger partial charge in [-0.2, -0.15) is 0 Å². The highest BCUT2D eigenvalue weighted by Gasteiger charge is 2.26. The first-order valence-electron chi connectivity index (χ1n) is 8.31. The molecule has 1 aliphatic heterocycles. The predicted octanol–water partition coefficient (Wildman–Crippen LogP) is 1.30. The minimum atomic E-state index is -0.132. The van der Waals surface area contributed by atoms with E-state index in [1.54, 1.807) is 12.4 Å². The zero-order chi connectivity index (χ0) is 16.8. The SMILES string of the molecule is C[C@@H](C(=O)NCc1ccccc1)N1CCN(c2ncccn2)CC1. The molecule has 1 amide bonds. The van der Waals surface area contributed by atoms with Gasteiger partial charge in [0, 0.05) is 45.1 Å². The van der Waals surface area contributed by atoms with E-state index in [-0.39, 0.29) is 11.9 Å². The molecule has 24 heavy (non-hydrogen) atoms. The summed E-state index contributed by atoms with van der Waals surface area (Å²) >= 11 is 0. The van der Waals surface area contributed by atoms with Crippen molar-refractivity contribution >= 4 is 11.9 Å². The van der Waals surface area contributed by atoms with Crippen LogP contribution in [-0.4, -0.2) is 53.0 Å². The van der Waals surface area contributed by atoms with Crippen molar-refractivity contribution in [3.63, 3.8) is 0 Å². The number of anilines is 1. The van der Waals surface area contributed by atoms with E-state index in [2.05, 4.69) is 25.1 Å². The molecule has 3 rings (SSSR count). The molecule has 1 N–H and O–H groups in total. The molecule has 2 heterocycles. The molecule has 0 unspecified atom stereocenters. The summed E-state index contributed by atoms with van der Waals surface area (Å²) in [6.45, 7) is 5.87. The molecule has 6 nitrogen and oxygen atoms in total. The summed E-state index contributed by atoms with van der Waals surface area (Å²) in [6, 6.07) is 11.7. The first kappa shape index (κ1) is 16.4. The van der Waals surface area contributed by atoms with Gasteiger partial charge in [-0.1, -0.05) is 30.3 Å². The fourth-order valence-corrected chi connectivity index (χ4v) is 2.86. The molecular formula is C18H23N5O. The number of benzene rings is 1. The zero-order valence-electron chi connectivity index (χ0n) is 13.9. The van der Waals surface area contributed by atoms with E-state index in [1.807, 2.05) is 43.3 Å². The molecule has 0 bridgehead atoms. The van der Waals surface area contributed by atoms with Crippen LogP contribution in [0.25, 0.3) is 0 Å². The molecule has 1 aromatic carbocycles. The highest BCUT2D eigenvalue weighted by molar-refractivity contribution is 5.81. The Balaban J connectivity index is 1.47. The Bertz CT molecular complexity index is 641. The maximum Gasteiger partial charge on any atom is 0.237 e. The second-order valence-electron chi connectivity index (χ2n) is 5.95. The lowest BCUT2D eigenvalue weighted by Gasteiger charge is -2.37. The number of rotatable bonds is 5. The first-order valence-corrected chi connectivity index (χ1v) is 8.31. The molecular weight excluding hydrogens is 302 g/mol. The second kappa shape index (κ2) is 7.88. The Kier molecular flexibility index (Phi) is 5.38. The van der Waals surface area contributed by atoms with E-state index < -0.39 is 0 Å². The molecule has 1 saturated heterocycles. The van der Waals surface area contributed by atoms with E-state index in [1.165, 1.54) is 0 Å². The first-order chi connectivity index (χ1) is 11.7. The molecule has 0 radical (unpaired) electrons. The Labute approximate surface area is 142 Å². The van der Waals surface area contributed by atoms with Crippen molar-refractivity contribution in [2.24, 2.45) is 0 Å². The van der Waals surface area contributed by atoms with Gasteiger partial charge in [0.1, 0.15) is 0 Å². The van der Waals surface area contributed by atoms with Gasteiger partial charge in [0.15, 0.2) is 0 Å². The summed E-state index contributed by atoms with van der Waals surface area (Å²) in [5, 5.41) is 3.02. The number of carbonyl (C=O) groups is 1. The number of amides is 1. The Morgan fingerprint density at radius 3 is 2.42 bits per heavy atom. The number of aromatic nitrogens is 2. The van der Waals surface area contributed by atoms with E-state index >= 15 is 0 Å². The minimum Gasteiger partial charge on any atom is -0.351 e. The number of nitrogens with zero attached hydrogens (tertiary/aromatic N) is 4. The third kappa shape index (κ3) is 4.08. The van der Waals surface area contributed by atoms with Gasteiger partial charge in [-0.25, -0.2) is 9.97 Å². The largest absolute Gasteiger partial charge is 0.351 e. The lowest BCUT2D eigenvalue weighted by molar-refractivity contribution is -0.126. The quantitative estimate of drug-likeness (QED) is 0.898. The molecule has 1 aliphatic rings. The van der Waals surface area contributed by atoms with Gasteiger partial charge in [0.05, 0.1) is 6.04 Å². The van der Waals surface area contributed by atoms with Crippen LogP contribution < -0.4 is 10.2 Å². The van der Waals surface area contributed by atoms with Crippen LogP contribution in [0.4, 0.5) is 5.95 Å². The van der Waals surface area contributed by atoms with Crippen LogP contribution in [0.5, 0.6) is 0 Å². The third-order valence-corrected chi connectivity index (χ3v) is 4.39. The molecule has 0 spiro atoms. The lowest BCUT2D eigenvalue weighted by Crippen LogP contribution is -2.54. The average molecular weight is 325 g/mol. The molecule has 126 valence electrons. The van der Waals surface area contributed by atoms with Crippen molar-refractivity contribution in [3.8, 4) is 0 Å². The van der Waals surface area contributed by atoms with Crippen LogP contribution in [0, 0.1) is 0 Å². The maximum atomic E-state index is 12.4. The molecule has 1 atom stereocenters. The van der Waals surface area contributed by atoms with Gasteiger partial charge in [0.2, 0.25) is 11.9 Å². The second-order valence-corrected chi connectivity index (χ2v) is 5.95. The number of piperazine rings is 1. The number of hydrogen-bond donors (Lipinski definition) is 1. The highest BCUT2D eigenvalue weighted by atomic mass is 16.2. The molecule has 6 heteroatoms. The monoisotopic (exact) mass is 325 g/mol. The summed E-state index contributed by atoms with van der Waals surface area (Å²) in [4.78, 5) is 25.3. The van der Waals surface area contributed by atoms with Crippen LogP contribution in [0.3, 0.4) is 0 Å². The van der Waals surface area contributed by atoms with Crippen molar-refractivity contribution in [3.05, 3.63) is 54.4 Å². The minimum absolute atomic E-state index is 0.0725. The maximum absolute atomic E-state index is 12.4. The standard InChI is InChI=1S/C18H23N5O/c1-15(17(24)21-14-16-6-3-2-4-7-16)22-10-12-23(13-11-22)18-19-8-5-9-20-18/h2-9,15H,10-14H2,1H3,(H,21,24)/t15-/m0/s1. The number of nitrogens with one attached hydrogen (secondary N) is 1. The average Bonchev–Trinajstić information content (AvgIpc) is 2.67.